The Morgan fingerprint density at radius 3 is 2.56 bits per heavy atom. The number of nitrogens with one attached hydrogen (secondary N) is 3. The van der Waals surface area contributed by atoms with Crippen LogP contribution in [0.25, 0.3) is 16.6 Å². The molecule has 2 aromatic heterocycles. The van der Waals surface area contributed by atoms with Crippen LogP contribution >= 0.6 is 0 Å². The summed E-state index contributed by atoms with van der Waals surface area (Å²) in [4.78, 5) is 36.7. The molecule has 0 atom stereocenters. The molecule has 0 radical (unpaired) electrons. The third-order valence-electron chi connectivity index (χ3n) is 5.22. The molecule has 34 heavy (non-hydrogen) atoms. The number of anilines is 1. The van der Waals surface area contributed by atoms with E-state index in [0.717, 1.165) is 16.9 Å². The van der Waals surface area contributed by atoms with Gasteiger partial charge < -0.3 is 15.4 Å². The maximum absolute atomic E-state index is 12.3. The largest absolute Gasteiger partial charge is 0.456 e. The number of amides is 2. The Kier molecular flexibility index (Phi) is 6.67. The summed E-state index contributed by atoms with van der Waals surface area (Å²) in [5.41, 5.74) is 3.86. The van der Waals surface area contributed by atoms with Gasteiger partial charge in [-0.15, -0.1) is 0 Å². The van der Waals surface area contributed by atoms with Crippen molar-refractivity contribution in [2.45, 2.75) is 20.3 Å². The fraction of sp³-hybridized carbons (Fsp3) is 0.208. The number of ether oxygens (including phenoxy) is 1. The number of hydrogen-bond donors (Lipinski definition) is 3. The highest BCUT2D eigenvalue weighted by atomic mass is 16.5. The zero-order valence-corrected chi connectivity index (χ0v) is 18.8. The van der Waals surface area contributed by atoms with Crippen molar-refractivity contribution in [2.24, 2.45) is 0 Å². The van der Waals surface area contributed by atoms with Gasteiger partial charge >= 0.3 is 5.97 Å². The summed E-state index contributed by atoms with van der Waals surface area (Å²) in [6.45, 7) is 3.26. The second-order valence-electron chi connectivity index (χ2n) is 7.63. The molecule has 0 unspecified atom stereocenters. The van der Waals surface area contributed by atoms with Gasteiger partial charge in [0.25, 0.3) is 11.8 Å². The van der Waals surface area contributed by atoms with Crippen LogP contribution in [0.5, 0.6) is 0 Å². The van der Waals surface area contributed by atoms with Crippen LogP contribution in [-0.2, 0) is 14.3 Å². The molecule has 0 bridgehead atoms. The topological polar surface area (TPSA) is 131 Å². The fourth-order valence-electron chi connectivity index (χ4n) is 3.54. The Hall–Kier alpha value is -4.47. The molecule has 3 N–H and O–H groups in total. The number of aromatic amines is 1. The van der Waals surface area contributed by atoms with Crippen LogP contribution in [0, 0.1) is 13.8 Å². The summed E-state index contributed by atoms with van der Waals surface area (Å²) in [5, 5.41) is 17.4. The number of carbonyl (C=O) groups excluding carboxylic acids is 3. The molecule has 0 aliphatic heterocycles. The Labute approximate surface area is 195 Å². The molecule has 0 fully saturated rings. The van der Waals surface area contributed by atoms with E-state index in [4.69, 9.17) is 4.74 Å². The van der Waals surface area contributed by atoms with Gasteiger partial charge in [-0.05, 0) is 32.0 Å². The van der Waals surface area contributed by atoms with Gasteiger partial charge in [-0.1, -0.05) is 36.4 Å². The summed E-state index contributed by atoms with van der Waals surface area (Å²) < 4.78 is 6.78. The van der Waals surface area contributed by atoms with Crippen molar-refractivity contribution >= 4 is 34.4 Å². The third kappa shape index (κ3) is 4.96. The molecule has 0 saturated heterocycles. The van der Waals surface area contributed by atoms with Crippen molar-refractivity contribution < 1.29 is 19.1 Å². The van der Waals surface area contributed by atoms with Crippen molar-refractivity contribution in [3.63, 3.8) is 0 Å². The smallest absolute Gasteiger partial charge is 0.308 e. The lowest BCUT2D eigenvalue weighted by Gasteiger charge is -2.08. The van der Waals surface area contributed by atoms with E-state index >= 15 is 0 Å². The van der Waals surface area contributed by atoms with Gasteiger partial charge in [0.2, 0.25) is 0 Å². The van der Waals surface area contributed by atoms with Crippen LogP contribution in [0.2, 0.25) is 0 Å². The average Bonchev–Trinajstić information content (AvgIpc) is 3.40. The molecule has 0 saturated carbocycles. The molecule has 10 heteroatoms. The third-order valence-corrected chi connectivity index (χ3v) is 5.22. The lowest BCUT2D eigenvalue weighted by molar-refractivity contribution is -0.147. The first-order valence-electron chi connectivity index (χ1n) is 10.7. The molecule has 4 rings (SSSR count). The van der Waals surface area contributed by atoms with Gasteiger partial charge in [-0.25, -0.2) is 4.68 Å². The Morgan fingerprint density at radius 1 is 1.03 bits per heavy atom. The van der Waals surface area contributed by atoms with Gasteiger partial charge in [0, 0.05) is 11.9 Å². The first kappa shape index (κ1) is 22.7. The Balaban J connectivity index is 1.24. The van der Waals surface area contributed by atoms with E-state index in [9.17, 15) is 14.4 Å². The standard InChI is InChI=1S/C24H24N6O4/c1-15-22(16(2)30(29-15)17-8-4-3-5-9-17)26-20(31)14-34-21(32)12-13-25-24(33)23-18-10-6-7-11-19(18)27-28-23/h3-11H,12-14H2,1-2H3,(H,25,33)(H,26,31)(H,27,28). The van der Waals surface area contributed by atoms with Crippen molar-refractivity contribution in [2.75, 3.05) is 18.5 Å². The second kappa shape index (κ2) is 9.99. The van der Waals surface area contributed by atoms with E-state index in [0.29, 0.717) is 16.8 Å². The number of para-hydroxylation sites is 2. The molecule has 2 heterocycles. The number of rotatable bonds is 8. The van der Waals surface area contributed by atoms with Crippen molar-refractivity contribution in [1.82, 2.24) is 25.3 Å². The molecule has 10 nitrogen and oxygen atoms in total. The summed E-state index contributed by atoms with van der Waals surface area (Å²) in [6, 6.07) is 16.8. The summed E-state index contributed by atoms with van der Waals surface area (Å²) >= 11 is 0. The summed E-state index contributed by atoms with van der Waals surface area (Å²) in [7, 11) is 0. The second-order valence-corrected chi connectivity index (χ2v) is 7.63. The van der Waals surface area contributed by atoms with E-state index in [1.54, 1.807) is 17.7 Å². The van der Waals surface area contributed by atoms with Gasteiger partial charge in [0.05, 0.1) is 34.7 Å². The number of fused-ring (bicyclic) bond motifs is 1. The van der Waals surface area contributed by atoms with Crippen molar-refractivity contribution in [3.05, 3.63) is 71.7 Å². The highest BCUT2D eigenvalue weighted by Gasteiger charge is 2.17. The van der Waals surface area contributed by atoms with Crippen molar-refractivity contribution in [1.29, 1.82) is 0 Å². The SMILES string of the molecule is Cc1nn(-c2ccccc2)c(C)c1NC(=O)COC(=O)CCNC(=O)c1n[nH]c2ccccc12. The van der Waals surface area contributed by atoms with Crippen LogP contribution in [-0.4, -0.2) is 50.9 Å². The monoisotopic (exact) mass is 460 g/mol. The number of hydrogen-bond acceptors (Lipinski definition) is 6. The average molecular weight is 460 g/mol. The summed E-state index contributed by atoms with van der Waals surface area (Å²) in [5.74, 6) is -1.47. The van der Waals surface area contributed by atoms with Gasteiger partial charge in [-0.3, -0.25) is 19.5 Å². The predicted octanol–water partition coefficient (Wildman–Crippen LogP) is 2.67. The van der Waals surface area contributed by atoms with Crippen molar-refractivity contribution in [3.8, 4) is 5.69 Å². The Morgan fingerprint density at radius 2 is 1.76 bits per heavy atom. The quantitative estimate of drug-likeness (QED) is 0.347. The highest BCUT2D eigenvalue weighted by molar-refractivity contribution is 6.04. The van der Waals surface area contributed by atoms with E-state index in [-0.39, 0.29) is 18.7 Å². The number of benzene rings is 2. The molecule has 4 aromatic rings. The minimum absolute atomic E-state index is 0.0581. The number of H-pyrrole nitrogens is 1. The van der Waals surface area contributed by atoms with Gasteiger partial charge in [0.1, 0.15) is 0 Å². The molecule has 0 aliphatic carbocycles. The van der Waals surface area contributed by atoms with Crippen LogP contribution < -0.4 is 10.6 Å². The molecule has 174 valence electrons. The van der Waals surface area contributed by atoms with Crippen LogP contribution in [0.3, 0.4) is 0 Å². The van der Waals surface area contributed by atoms with E-state index < -0.39 is 24.4 Å². The van der Waals surface area contributed by atoms with Gasteiger partial charge in [-0.2, -0.15) is 10.2 Å². The molecule has 2 aromatic carbocycles. The lowest BCUT2D eigenvalue weighted by Crippen LogP contribution is -2.28. The fourth-order valence-corrected chi connectivity index (χ4v) is 3.54. The van der Waals surface area contributed by atoms with Crippen LogP contribution in [0.1, 0.15) is 28.3 Å². The normalized spacial score (nSPS) is 10.8. The first-order valence-corrected chi connectivity index (χ1v) is 10.7. The molecule has 0 spiro atoms. The number of nitrogens with zero attached hydrogens (tertiary/aromatic N) is 3. The summed E-state index contributed by atoms with van der Waals surface area (Å²) in [6.07, 6.45) is -0.0780. The highest BCUT2D eigenvalue weighted by Crippen LogP contribution is 2.22. The maximum Gasteiger partial charge on any atom is 0.308 e. The molecule has 0 aliphatic rings. The minimum atomic E-state index is -0.601. The predicted molar refractivity (Wildman–Crippen MR) is 126 cm³/mol. The number of carbonyl (C=O) groups is 3. The molecule has 2 amide bonds. The lowest BCUT2D eigenvalue weighted by atomic mass is 10.2. The van der Waals surface area contributed by atoms with E-state index in [1.165, 1.54) is 0 Å². The van der Waals surface area contributed by atoms with E-state index in [1.807, 2.05) is 55.5 Å². The van der Waals surface area contributed by atoms with Gasteiger partial charge in [0.15, 0.2) is 12.3 Å². The van der Waals surface area contributed by atoms with Crippen LogP contribution in [0.4, 0.5) is 5.69 Å². The van der Waals surface area contributed by atoms with Crippen LogP contribution in [0.15, 0.2) is 54.6 Å². The maximum atomic E-state index is 12.3. The zero-order chi connectivity index (χ0) is 24.1. The molecular formula is C24H24N6O4. The number of aromatic nitrogens is 4. The Bertz CT molecular complexity index is 1340. The molecular weight excluding hydrogens is 436 g/mol. The minimum Gasteiger partial charge on any atom is -0.456 e. The zero-order valence-electron chi connectivity index (χ0n) is 18.8. The number of aryl methyl sites for hydroxylation is 1. The first-order chi connectivity index (χ1) is 16.4. The van der Waals surface area contributed by atoms with E-state index in [2.05, 4.69) is 25.9 Å². The number of esters is 1.